The number of cyclic esters (lactones) is 1. The van der Waals surface area contributed by atoms with E-state index in [1.54, 1.807) is 51.2 Å². The van der Waals surface area contributed by atoms with Crippen molar-refractivity contribution in [3.05, 3.63) is 71.8 Å². The maximum atomic E-state index is 12.5. The van der Waals surface area contributed by atoms with Crippen molar-refractivity contribution in [2.75, 3.05) is 0 Å². The highest BCUT2D eigenvalue weighted by atomic mass is 16.5. The molecule has 0 radical (unpaired) electrons. The maximum absolute atomic E-state index is 12.5. The lowest BCUT2D eigenvalue weighted by Crippen LogP contribution is -2.37. The van der Waals surface area contributed by atoms with E-state index in [4.69, 9.17) is 4.74 Å². The van der Waals surface area contributed by atoms with Crippen LogP contribution in [0, 0.1) is 11.8 Å². The van der Waals surface area contributed by atoms with E-state index in [9.17, 15) is 30.0 Å². The molecule has 0 aliphatic carbocycles. The number of carboxylic acids is 1. The predicted molar refractivity (Wildman–Crippen MR) is 133 cm³/mol. The smallest absolute Gasteiger partial charge is 0.309 e. The molecule has 0 saturated carbocycles. The summed E-state index contributed by atoms with van der Waals surface area (Å²) in [6.45, 7) is 6.87. The van der Waals surface area contributed by atoms with E-state index in [-0.39, 0.29) is 31.6 Å². The van der Waals surface area contributed by atoms with Crippen molar-refractivity contribution >= 4 is 11.9 Å². The number of aliphatic hydroxyl groups is 3. The minimum atomic E-state index is -1.36. The molecule has 0 spiro atoms. The van der Waals surface area contributed by atoms with Gasteiger partial charge in [0, 0.05) is 11.8 Å². The van der Waals surface area contributed by atoms with Gasteiger partial charge in [-0.05, 0) is 50.8 Å². The van der Waals surface area contributed by atoms with Crippen LogP contribution in [0.25, 0.3) is 0 Å². The van der Waals surface area contributed by atoms with Gasteiger partial charge >= 0.3 is 11.9 Å². The number of hydrogen-bond donors (Lipinski definition) is 4. The highest BCUT2D eigenvalue weighted by Gasteiger charge is 2.34. The van der Waals surface area contributed by atoms with Gasteiger partial charge in [-0.25, -0.2) is 0 Å². The molecule has 192 valence electrons. The van der Waals surface area contributed by atoms with Crippen LogP contribution in [-0.4, -0.2) is 50.2 Å². The zero-order valence-corrected chi connectivity index (χ0v) is 20.9. The number of rotatable bonds is 6. The molecule has 7 nitrogen and oxygen atoms in total. The van der Waals surface area contributed by atoms with Crippen LogP contribution in [0.3, 0.4) is 0 Å². The molecule has 35 heavy (non-hydrogen) atoms. The Morgan fingerprint density at radius 2 is 1.91 bits per heavy atom. The number of carbonyl (C=O) groups excluding carboxylic acids is 1. The number of ether oxygens (including phenoxy) is 1. The molecular formula is C28H38O7. The number of carboxylic acid groups (broad SMARTS) is 1. The molecule has 0 amide bonds. The van der Waals surface area contributed by atoms with Gasteiger partial charge in [-0.15, -0.1) is 0 Å². The van der Waals surface area contributed by atoms with E-state index < -0.39 is 41.3 Å². The lowest BCUT2D eigenvalue weighted by molar-refractivity contribution is -0.151. The quantitative estimate of drug-likeness (QED) is 0.273. The minimum absolute atomic E-state index is 0.137. The second-order valence-electron chi connectivity index (χ2n) is 9.90. The van der Waals surface area contributed by atoms with E-state index in [2.05, 4.69) is 0 Å². The summed E-state index contributed by atoms with van der Waals surface area (Å²) >= 11 is 0. The lowest BCUT2D eigenvalue weighted by atomic mass is 9.80. The van der Waals surface area contributed by atoms with Crippen molar-refractivity contribution in [2.24, 2.45) is 11.8 Å². The van der Waals surface area contributed by atoms with Gasteiger partial charge in [-0.3, -0.25) is 9.59 Å². The summed E-state index contributed by atoms with van der Waals surface area (Å²) in [6.07, 6.45) is 6.65. The Bertz CT molecular complexity index is 943. The minimum Gasteiger partial charge on any atom is -0.481 e. The van der Waals surface area contributed by atoms with Crippen molar-refractivity contribution in [1.82, 2.24) is 0 Å². The maximum Gasteiger partial charge on any atom is 0.309 e. The van der Waals surface area contributed by atoms with Crippen LogP contribution in [0.4, 0.5) is 0 Å². The molecule has 0 bridgehead atoms. The molecule has 7 heteroatoms. The normalized spacial score (nSPS) is 31.6. The largest absolute Gasteiger partial charge is 0.481 e. The summed E-state index contributed by atoms with van der Waals surface area (Å²) in [7, 11) is 0. The van der Waals surface area contributed by atoms with Gasteiger partial charge in [-0.2, -0.15) is 0 Å². The highest BCUT2D eigenvalue weighted by molar-refractivity contribution is 5.70. The Balaban J connectivity index is 2.33. The van der Waals surface area contributed by atoms with Gasteiger partial charge < -0.3 is 25.2 Å². The number of esters is 1. The molecule has 6 atom stereocenters. The molecule has 2 rings (SSSR count). The van der Waals surface area contributed by atoms with E-state index in [1.165, 1.54) is 0 Å². The number of aliphatic carboxylic acids is 1. The van der Waals surface area contributed by atoms with Crippen LogP contribution in [0.2, 0.25) is 0 Å². The average molecular weight is 487 g/mol. The summed E-state index contributed by atoms with van der Waals surface area (Å²) in [5.74, 6) is -2.59. The summed E-state index contributed by atoms with van der Waals surface area (Å²) in [4.78, 5) is 23.9. The third kappa shape index (κ3) is 8.76. The molecule has 1 aromatic carbocycles. The van der Waals surface area contributed by atoms with E-state index in [0.29, 0.717) is 5.57 Å². The Morgan fingerprint density at radius 1 is 1.26 bits per heavy atom. The van der Waals surface area contributed by atoms with Crippen molar-refractivity contribution in [3.8, 4) is 0 Å². The number of hydrogen-bond acceptors (Lipinski definition) is 6. The molecule has 1 unspecified atom stereocenters. The standard InChI is InChI=1S/C28H38O7/c1-19(9-8-15-27(3,33)21-10-6-5-7-11-21)26-20(2)12-13-22(17-24(30)31)28(4,34)16-14-23(29)18-25(32)35-26/h5-13,15,20,22-23,26,29,33-34H,14,16-18H2,1-4H3,(H,30,31)/b13-12+,15-8+,19-9+/t20-,22+,23+,26+,27?,28+/m0/s1. The number of benzene rings is 1. The Hall–Kier alpha value is -2.74. The molecule has 4 N–H and O–H groups in total. The van der Waals surface area contributed by atoms with Crippen molar-refractivity contribution in [3.63, 3.8) is 0 Å². The fourth-order valence-electron chi connectivity index (χ4n) is 4.19. The number of allylic oxidation sites excluding steroid dienone is 2. The van der Waals surface area contributed by atoms with Crippen molar-refractivity contribution in [2.45, 2.75) is 76.8 Å². The Morgan fingerprint density at radius 3 is 2.54 bits per heavy atom. The van der Waals surface area contributed by atoms with Gasteiger partial charge in [0.15, 0.2) is 0 Å². The molecule has 0 aromatic heterocycles. The van der Waals surface area contributed by atoms with Gasteiger partial charge in [0.05, 0.1) is 24.5 Å². The van der Waals surface area contributed by atoms with Gasteiger partial charge in [-0.1, -0.05) is 61.6 Å². The van der Waals surface area contributed by atoms with E-state index in [1.807, 2.05) is 37.3 Å². The SMILES string of the molecule is C/C(=C\C=C\C(C)(O)c1ccccc1)[C@H]1OC(=O)C[C@H](O)CC[C@@](C)(O)[C@@H](CC(=O)O)/C=C/[C@@H]1C. The molecule has 1 heterocycles. The summed E-state index contributed by atoms with van der Waals surface area (Å²) in [5.41, 5.74) is -1.10. The third-order valence-electron chi connectivity index (χ3n) is 6.55. The highest BCUT2D eigenvalue weighted by Crippen LogP contribution is 2.31. The Labute approximate surface area is 207 Å². The topological polar surface area (TPSA) is 124 Å². The molecule has 1 aromatic rings. The first-order chi connectivity index (χ1) is 16.3. The fraction of sp³-hybridized carbons (Fsp3) is 0.500. The summed E-state index contributed by atoms with van der Waals surface area (Å²) in [6, 6.07) is 9.23. The van der Waals surface area contributed by atoms with Gasteiger partial charge in [0.1, 0.15) is 11.7 Å². The van der Waals surface area contributed by atoms with Crippen LogP contribution >= 0.6 is 0 Å². The van der Waals surface area contributed by atoms with Crippen molar-refractivity contribution in [1.29, 1.82) is 0 Å². The van der Waals surface area contributed by atoms with Crippen LogP contribution < -0.4 is 0 Å². The fourth-order valence-corrected chi connectivity index (χ4v) is 4.19. The first-order valence-corrected chi connectivity index (χ1v) is 12.0. The third-order valence-corrected chi connectivity index (χ3v) is 6.55. The predicted octanol–water partition coefficient (Wildman–Crippen LogP) is 3.89. The van der Waals surface area contributed by atoms with Crippen LogP contribution in [-0.2, 0) is 19.9 Å². The second kappa shape index (κ2) is 12.3. The van der Waals surface area contributed by atoms with Gasteiger partial charge in [0.25, 0.3) is 0 Å². The number of aliphatic hydroxyl groups excluding tert-OH is 1. The zero-order chi connectivity index (χ0) is 26.2. The molecular weight excluding hydrogens is 448 g/mol. The average Bonchev–Trinajstić information content (AvgIpc) is 2.78. The summed E-state index contributed by atoms with van der Waals surface area (Å²) in [5, 5.41) is 41.3. The van der Waals surface area contributed by atoms with Crippen LogP contribution in [0.1, 0.15) is 58.9 Å². The van der Waals surface area contributed by atoms with Crippen LogP contribution in [0.5, 0.6) is 0 Å². The first-order valence-electron chi connectivity index (χ1n) is 12.0. The molecule has 1 aliphatic heterocycles. The monoisotopic (exact) mass is 486 g/mol. The van der Waals surface area contributed by atoms with Crippen LogP contribution in [0.15, 0.2) is 66.3 Å². The van der Waals surface area contributed by atoms with E-state index in [0.717, 1.165) is 5.56 Å². The first kappa shape index (κ1) is 28.5. The summed E-state index contributed by atoms with van der Waals surface area (Å²) < 4.78 is 5.71. The zero-order valence-electron chi connectivity index (χ0n) is 20.9. The van der Waals surface area contributed by atoms with Gasteiger partial charge in [0.2, 0.25) is 0 Å². The molecule has 1 aliphatic rings. The lowest BCUT2D eigenvalue weighted by Gasteiger charge is -2.32. The molecule has 0 fully saturated rings. The Kier molecular flexibility index (Phi) is 10.0. The molecule has 0 saturated heterocycles. The number of carbonyl (C=O) groups is 2. The second-order valence-corrected chi connectivity index (χ2v) is 9.90. The van der Waals surface area contributed by atoms with Crippen molar-refractivity contribution < 1.29 is 34.8 Å². The van der Waals surface area contributed by atoms with E-state index >= 15 is 0 Å².